The van der Waals surface area contributed by atoms with Crippen molar-refractivity contribution in [3.8, 4) is 0 Å². The third-order valence-electron chi connectivity index (χ3n) is 1.90. The molecule has 0 radical (unpaired) electrons. The highest BCUT2D eigenvalue weighted by Gasteiger charge is 2.17. The number of rotatable bonds is 3. The van der Waals surface area contributed by atoms with Crippen LogP contribution < -0.4 is 5.73 Å². The van der Waals surface area contributed by atoms with Crippen LogP contribution in [0.2, 0.25) is 0 Å². The van der Waals surface area contributed by atoms with Gasteiger partial charge in [-0.05, 0) is 12.5 Å². The van der Waals surface area contributed by atoms with Crippen molar-refractivity contribution in [2.24, 2.45) is 5.73 Å². The molecular formula is C9H11ClF3NO. The van der Waals surface area contributed by atoms with Gasteiger partial charge in [0, 0.05) is 18.2 Å². The van der Waals surface area contributed by atoms with Crippen LogP contribution in [-0.4, -0.2) is 11.7 Å². The highest BCUT2D eigenvalue weighted by molar-refractivity contribution is 5.85. The van der Waals surface area contributed by atoms with E-state index in [1.165, 1.54) is 0 Å². The lowest BCUT2D eigenvalue weighted by atomic mass is 10.0. The highest BCUT2D eigenvalue weighted by atomic mass is 35.5. The van der Waals surface area contributed by atoms with E-state index in [0.29, 0.717) is 0 Å². The Morgan fingerprint density at radius 2 is 1.80 bits per heavy atom. The minimum atomic E-state index is -1.53. The summed E-state index contributed by atoms with van der Waals surface area (Å²) in [6.45, 7) is -0.237. The fourth-order valence-corrected chi connectivity index (χ4v) is 1.12. The Morgan fingerprint density at radius 1 is 1.20 bits per heavy atom. The first-order valence-electron chi connectivity index (χ1n) is 4.07. The standard InChI is InChI=1S/C9H10F3NO.ClH/c10-6-2-1-5(7(13)3-4-14)8(11)9(6)12;/h1-2,7,14H,3-4,13H2;1H. The molecule has 6 heteroatoms. The zero-order valence-electron chi connectivity index (χ0n) is 7.71. The quantitative estimate of drug-likeness (QED) is 0.794. The summed E-state index contributed by atoms with van der Waals surface area (Å²) in [7, 11) is 0. The smallest absolute Gasteiger partial charge is 0.194 e. The zero-order valence-corrected chi connectivity index (χ0v) is 8.53. The van der Waals surface area contributed by atoms with Crippen molar-refractivity contribution in [3.05, 3.63) is 35.1 Å². The molecule has 0 aromatic heterocycles. The van der Waals surface area contributed by atoms with E-state index in [2.05, 4.69) is 0 Å². The van der Waals surface area contributed by atoms with E-state index < -0.39 is 23.5 Å². The number of nitrogens with two attached hydrogens (primary N) is 1. The van der Waals surface area contributed by atoms with Gasteiger partial charge in [-0.3, -0.25) is 0 Å². The number of benzene rings is 1. The number of hydrogen-bond donors (Lipinski definition) is 2. The van der Waals surface area contributed by atoms with Gasteiger partial charge in [-0.15, -0.1) is 12.4 Å². The fourth-order valence-electron chi connectivity index (χ4n) is 1.12. The molecular weight excluding hydrogens is 231 g/mol. The van der Waals surface area contributed by atoms with Gasteiger partial charge in [0.05, 0.1) is 0 Å². The molecule has 0 bridgehead atoms. The lowest BCUT2D eigenvalue weighted by molar-refractivity contribution is 0.275. The Bertz CT molecular complexity index is 335. The Balaban J connectivity index is 0.00000196. The van der Waals surface area contributed by atoms with Crippen molar-refractivity contribution in [2.45, 2.75) is 12.5 Å². The van der Waals surface area contributed by atoms with Gasteiger partial charge in [-0.25, -0.2) is 13.2 Å². The molecule has 3 N–H and O–H groups in total. The Morgan fingerprint density at radius 3 is 2.33 bits per heavy atom. The SMILES string of the molecule is Cl.NC(CCO)c1ccc(F)c(F)c1F. The van der Waals surface area contributed by atoms with Crippen LogP contribution in [0.1, 0.15) is 18.0 Å². The summed E-state index contributed by atoms with van der Waals surface area (Å²) in [6, 6.07) is 1.06. The molecule has 0 saturated heterocycles. The second-order valence-electron chi connectivity index (χ2n) is 2.88. The molecule has 0 saturated carbocycles. The first-order chi connectivity index (χ1) is 6.57. The third kappa shape index (κ3) is 3.09. The maximum absolute atomic E-state index is 13.1. The molecule has 15 heavy (non-hydrogen) atoms. The molecule has 1 atom stereocenters. The zero-order chi connectivity index (χ0) is 10.7. The van der Waals surface area contributed by atoms with Crippen LogP contribution in [0.25, 0.3) is 0 Å². The van der Waals surface area contributed by atoms with Crippen LogP contribution in [-0.2, 0) is 0 Å². The van der Waals surface area contributed by atoms with Gasteiger partial charge in [-0.1, -0.05) is 6.07 Å². The number of aliphatic hydroxyl groups excluding tert-OH is 1. The summed E-state index contributed by atoms with van der Waals surface area (Å²) in [5.41, 5.74) is 5.31. The summed E-state index contributed by atoms with van der Waals surface area (Å²) in [6.07, 6.45) is 0.0992. The minimum Gasteiger partial charge on any atom is -0.396 e. The van der Waals surface area contributed by atoms with Crippen molar-refractivity contribution in [1.29, 1.82) is 0 Å². The molecule has 1 rings (SSSR count). The van der Waals surface area contributed by atoms with Crippen molar-refractivity contribution in [3.63, 3.8) is 0 Å². The summed E-state index contributed by atoms with van der Waals surface area (Å²) < 4.78 is 38.3. The molecule has 1 aromatic rings. The van der Waals surface area contributed by atoms with Crippen LogP contribution in [0.15, 0.2) is 12.1 Å². The van der Waals surface area contributed by atoms with Gasteiger partial charge in [-0.2, -0.15) is 0 Å². The maximum Gasteiger partial charge on any atom is 0.194 e. The lowest BCUT2D eigenvalue weighted by Crippen LogP contribution is -2.14. The van der Waals surface area contributed by atoms with Gasteiger partial charge in [0.1, 0.15) is 0 Å². The molecule has 0 spiro atoms. The maximum atomic E-state index is 13.1. The van der Waals surface area contributed by atoms with Crippen molar-refractivity contribution in [1.82, 2.24) is 0 Å². The second kappa shape index (κ2) is 5.95. The monoisotopic (exact) mass is 241 g/mol. The predicted octanol–water partition coefficient (Wildman–Crippen LogP) is 1.91. The summed E-state index contributed by atoms with van der Waals surface area (Å²) in [5.74, 6) is -4.07. The summed E-state index contributed by atoms with van der Waals surface area (Å²) in [4.78, 5) is 0. The molecule has 0 heterocycles. The van der Waals surface area contributed by atoms with E-state index in [1.54, 1.807) is 0 Å². The third-order valence-corrected chi connectivity index (χ3v) is 1.90. The molecule has 2 nitrogen and oxygen atoms in total. The minimum absolute atomic E-state index is 0. The molecule has 0 fully saturated rings. The van der Waals surface area contributed by atoms with Crippen LogP contribution >= 0.6 is 12.4 Å². The Hall–Kier alpha value is -0.780. The van der Waals surface area contributed by atoms with Crippen LogP contribution in [0, 0.1) is 17.5 Å². The van der Waals surface area contributed by atoms with E-state index in [0.717, 1.165) is 12.1 Å². The van der Waals surface area contributed by atoms with Crippen molar-refractivity contribution in [2.75, 3.05) is 6.61 Å². The lowest BCUT2D eigenvalue weighted by Gasteiger charge is -2.11. The Kier molecular flexibility index (Phi) is 5.64. The number of aliphatic hydroxyl groups is 1. The summed E-state index contributed by atoms with van der Waals surface area (Å²) in [5, 5.41) is 8.54. The highest BCUT2D eigenvalue weighted by Crippen LogP contribution is 2.21. The van der Waals surface area contributed by atoms with Gasteiger partial charge < -0.3 is 10.8 Å². The molecule has 0 amide bonds. The largest absolute Gasteiger partial charge is 0.396 e. The number of hydrogen-bond acceptors (Lipinski definition) is 2. The molecule has 0 aliphatic carbocycles. The first-order valence-corrected chi connectivity index (χ1v) is 4.07. The van der Waals surface area contributed by atoms with Gasteiger partial charge in [0.2, 0.25) is 0 Å². The predicted molar refractivity (Wildman–Crippen MR) is 52.2 cm³/mol. The van der Waals surface area contributed by atoms with E-state index in [9.17, 15) is 13.2 Å². The van der Waals surface area contributed by atoms with Gasteiger partial charge in [0.25, 0.3) is 0 Å². The molecule has 1 aromatic carbocycles. The van der Waals surface area contributed by atoms with Crippen molar-refractivity contribution < 1.29 is 18.3 Å². The second-order valence-corrected chi connectivity index (χ2v) is 2.88. The summed E-state index contributed by atoms with van der Waals surface area (Å²) >= 11 is 0. The van der Waals surface area contributed by atoms with Gasteiger partial charge in [0.15, 0.2) is 17.5 Å². The van der Waals surface area contributed by atoms with Gasteiger partial charge >= 0.3 is 0 Å². The van der Waals surface area contributed by atoms with E-state index >= 15 is 0 Å². The van der Waals surface area contributed by atoms with E-state index in [1.807, 2.05) is 0 Å². The first kappa shape index (κ1) is 14.2. The number of halogens is 4. The van der Waals surface area contributed by atoms with E-state index in [-0.39, 0.29) is 31.0 Å². The van der Waals surface area contributed by atoms with Crippen LogP contribution in [0.4, 0.5) is 13.2 Å². The normalized spacial score (nSPS) is 12.1. The van der Waals surface area contributed by atoms with E-state index in [4.69, 9.17) is 10.8 Å². The fraction of sp³-hybridized carbons (Fsp3) is 0.333. The Labute approximate surface area is 91.3 Å². The molecule has 0 aliphatic heterocycles. The molecule has 1 unspecified atom stereocenters. The molecule has 0 aliphatic rings. The average Bonchev–Trinajstić information content (AvgIpc) is 2.15. The van der Waals surface area contributed by atoms with Crippen LogP contribution in [0.5, 0.6) is 0 Å². The van der Waals surface area contributed by atoms with Crippen molar-refractivity contribution >= 4 is 12.4 Å². The molecule has 86 valence electrons. The topological polar surface area (TPSA) is 46.2 Å². The average molecular weight is 242 g/mol. The van der Waals surface area contributed by atoms with Crippen LogP contribution in [0.3, 0.4) is 0 Å².